The standard InChI is InChI=1S/C20H25N3O2/c1-16-14-17(8-9-19(16)25-2)15-22-10-12-23(13-11-22)20(24)21-18-6-4-3-5-7-18/h3-9,14H,10-13,15H2,1-2H3,(H,21,24). The van der Waals surface area contributed by atoms with Crippen molar-refractivity contribution in [2.24, 2.45) is 0 Å². The van der Waals surface area contributed by atoms with E-state index in [1.807, 2.05) is 41.3 Å². The fraction of sp³-hybridized carbons (Fsp3) is 0.350. The lowest BCUT2D eigenvalue weighted by atomic mass is 10.1. The Morgan fingerprint density at radius 1 is 1.08 bits per heavy atom. The molecule has 5 nitrogen and oxygen atoms in total. The van der Waals surface area contributed by atoms with Crippen molar-refractivity contribution >= 4 is 11.7 Å². The van der Waals surface area contributed by atoms with Gasteiger partial charge < -0.3 is 15.0 Å². The van der Waals surface area contributed by atoms with Gasteiger partial charge in [-0.15, -0.1) is 0 Å². The third-order valence-electron chi connectivity index (χ3n) is 4.55. The molecule has 0 spiro atoms. The number of urea groups is 1. The summed E-state index contributed by atoms with van der Waals surface area (Å²) in [5.41, 5.74) is 3.27. The molecule has 2 aromatic rings. The third-order valence-corrected chi connectivity index (χ3v) is 4.55. The highest BCUT2D eigenvalue weighted by molar-refractivity contribution is 5.89. The number of nitrogens with zero attached hydrogens (tertiary/aromatic N) is 2. The van der Waals surface area contributed by atoms with Crippen LogP contribution in [0.15, 0.2) is 48.5 Å². The van der Waals surface area contributed by atoms with Crippen LogP contribution in [-0.4, -0.2) is 49.1 Å². The number of hydrogen-bond acceptors (Lipinski definition) is 3. The van der Waals surface area contributed by atoms with Gasteiger partial charge in [-0.3, -0.25) is 4.90 Å². The number of ether oxygens (including phenoxy) is 1. The van der Waals surface area contributed by atoms with E-state index >= 15 is 0 Å². The lowest BCUT2D eigenvalue weighted by Gasteiger charge is -2.34. The molecule has 0 saturated carbocycles. The van der Waals surface area contributed by atoms with Gasteiger partial charge in [0.1, 0.15) is 5.75 Å². The Morgan fingerprint density at radius 2 is 1.80 bits per heavy atom. The first kappa shape index (κ1) is 17.3. The molecule has 3 rings (SSSR count). The zero-order valence-corrected chi connectivity index (χ0v) is 14.9. The van der Waals surface area contributed by atoms with Crippen LogP contribution in [0.5, 0.6) is 5.75 Å². The van der Waals surface area contributed by atoms with Crippen LogP contribution in [0.25, 0.3) is 0 Å². The molecule has 0 aromatic heterocycles. The minimum absolute atomic E-state index is 0.0221. The second-order valence-corrected chi connectivity index (χ2v) is 6.36. The highest BCUT2D eigenvalue weighted by Crippen LogP contribution is 2.20. The second kappa shape index (κ2) is 8.03. The summed E-state index contributed by atoms with van der Waals surface area (Å²) in [7, 11) is 1.70. The molecular formula is C20H25N3O2. The molecule has 1 N–H and O–H groups in total. The van der Waals surface area contributed by atoms with Gasteiger partial charge in [0.25, 0.3) is 0 Å². The average molecular weight is 339 g/mol. The summed E-state index contributed by atoms with van der Waals surface area (Å²) in [5.74, 6) is 0.922. The number of carbonyl (C=O) groups excluding carboxylic acids is 1. The van der Waals surface area contributed by atoms with Crippen LogP contribution in [0.2, 0.25) is 0 Å². The zero-order chi connectivity index (χ0) is 17.6. The van der Waals surface area contributed by atoms with Gasteiger partial charge in [-0.1, -0.05) is 30.3 Å². The van der Waals surface area contributed by atoms with Crippen molar-refractivity contribution in [3.8, 4) is 5.75 Å². The summed E-state index contributed by atoms with van der Waals surface area (Å²) in [6, 6.07) is 15.9. The van der Waals surface area contributed by atoms with E-state index in [-0.39, 0.29) is 6.03 Å². The number of amides is 2. The van der Waals surface area contributed by atoms with Crippen molar-refractivity contribution < 1.29 is 9.53 Å². The molecule has 25 heavy (non-hydrogen) atoms. The Hall–Kier alpha value is -2.53. The fourth-order valence-corrected chi connectivity index (χ4v) is 3.13. The number of methoxy groups -OCH3 is 1. The molecule has 1 heterocycles. The lowest BCUT2D eigenvalue weighted by Crippen LogP contribution is -2.49. The fourth-order valence-electron chi connectivity index (χ4n) is 3.13. The van der Waals surface area contributed by atoms with E-state index < -0.39 is 0 Å². The Balaban J connectivity index is 1.50. The monoisotopic (exact) mass is 339 g/mol. The van der Waals surface area contributed by atoms with E-state index in [1.165, 1.54) is 5.56 Å². The molecule has 0 bridgehead atoms. The number of nitrogens with one attached hydrogen (secondary N) is 1. The molecule has 5 heteroatoms. The lowest BCUT2D eigenvalue weighted by molar-refractivity contribution is 0.143. The van der Waals surface area contributed by atoms with Crippen molar-refractivity contribution in [3.63, 3.8) is 0 Å². The maximum atomic E-state index is 12.3. The molecule has 2 amide bonds. The van der Waals surface area contributed by atoms with Gasteiger partial charge in [0.15, 0.2) is 0 Å². The van der Waals surface area contributed by atoms with Crippen molar-refractivity contribution in [2.45, 2.75) is 13.5 Å². The quantitative estimate of drug-likeness (QED) is 0.929. The number of benzene rings is 2. The van der Waals surface area contributed by atoms with Crippen LogP contribution < -0.4 is 10.1 Å². The smallest absolute Gasteiger partial charge is 0.321 e. The van der Waals surface area contributed by atoms with Crippen LogP contribution in [0.3, 0.4) is 0 Å². The Labute approximate surface area is 149 Å². The third kappa shape index (κ3) is 4.51. The maximum Gasteiger partial charge on any atom is 0.321 e. The number of para-hydroxylation sites is 1. The number of aryl methyl sites for hydroxylation is 1. The highest BCUT2D eigenvalue weighted by Gasteiger charge is 2.21. The minimum Gasteiger partial charge on any atom is -0.496 e. The molecule has 1 aliphatic heterocycles. The predicted octanol–water partition coefficient (Wildman–Crippen LogP) is 3.35. The van der Waals surface area contributed by atoms with E-state index in [4.69, 9.17) is 4.74 Å². The van der Waals surface area contributed by atoms with Crippen molar-refractivity contribution in [1.82, 2.24) is 9.80 Å². The summed E-state index contributed by atoms with van der Waals surface area (Å²) in [5, 5.41) is 2.95. The van der Waals surface area contributed by atoms with Gasteiger partial charge >= 0.3 is 6.03 Å². The van der Waals surface area contributed by atoms with Gasteiger partial charge in [-0.25, -0.2) is 4.79 Å². The normalized spacial score (nSPS) is 15.0. The van der Waals surface area contributed by atoms with Crippen LogP contribution in [0, 0.1) is 6.92 Å². The van der Waals surface area contributed by atoms with Crippen molar-refractivity contribution in [1.29, 1.82) is 0 Å². The summed E-state index contributed by atoms with van der Waals surface area (Å²) in [4.78, 5) is 16.6. The zero-order valence-electron chi connectivity index (χ0n) is 14.9. The SMILES string of the molecule is COc1ccc(CN2CCN(C(=O)Nc3ccccc3)CC2)cc1C. The number of carbonyl (C=O) groups is 1. The average Bonchev–Trinajstić information content (AvgIpc) is 2.63. The molecule has 1 saturated heterocycles. The first-order valence-corrected chi connectivity index (χ1v) is 8.62. The topological polar surface area (TPSA) is 44.8 Å². The van der Waals surface area contributed by atoms with Gasteiger partial charge in [0, 0.05) is 38.4 Å². The summed E-state index contributed by atoms with van der Waals surface area (Å²) < 4.78 is 5.31. The Kier molecular flexibility index (Phi) is 5.56. The molecule has 0 radical (unpaired) electrons. The van der Waals surface area contributed by atoms with Gasteiger partial charge in [0.2, 0.25) is 0 Å². The molecular weight excluding hydrogens is 314 g/mol. The molecule has 0 unspecified atom stereocenters. The largest absolute Gasteiger partial charge is 0.496 e. The van der Waals surface area contributed by atoms with E-state index in [9.17, 15) is 4.79 Å². The van der Waals surface area contributed by atoms with Gasteiger partial charge in [0.05, 0.1) is 7.11 Å². The first-order chi connectivity index (χ1) is 12.2. The highest BCUT2D eigenvalue weighted by atomic mass is 16.5. The summed E-state index contributed by atoms with van der Waals surface area (Å²) in [6.07, 6.45) is 0. The molecule has 132 valence electrons. The predicted molar refractivity (Wildman–Crippen MR) is 100 cm³/mol. The van der Waals surface area contributed by atoms with Crippen LogP contribution in [0.4, 0.5) is 10.5 Å². The number of rotatable bonds is 4. The first-order valence-electron chi connectivity index (χ1n) is 8.62. The van der Waals surface area contributed by atoms with Crippen LogP contribution >= 0.6 is 0 Å². The van der Waals surface area contributed by atoms with Gasteiger partial charge in [-0.05, 0) is 36.2 Å². The van der Waals surface area contributed by atoms with E-state index in [0.717, 1.165) is 49.7 Å². The minimum atomic E-state index is -0.0221. The molecule has 0 aliphatic carbocycles. The molecule has 1 fully saturated rings. The number of anilines is 1. The van der Waals surface area contributed by atoms with E-state index in [2.05, 4.69) is 29.3 Å². The van der Waals surface area contributed by atoms with E-state index in [1.54, 1.807) is 7.11 Å². The van der Waals surface area contributed by atoms with Crippen molar-refractivity contribution in [3.05, 3.63) is 59.7 Å². The Morgan fingerprint density at radius 3 is 2.44 bits per heavy atom. The van der Waals surface area contributed by atoms with Crippen LogP contribution in [0.1, 0.15) is 11.1 Å². The molecule has 2 aromatic carbocycles. The second-order valence-electron chi connectivity index (χ2n) is 6.36. The maximum absolute atomic E-state index is 12.3. The molecule has 0 atom stereocenters. The van der Waals surface area contributed by atoms with Crippen LogP contribution in [-0.2, 0) is 6.54 Å². The summed E-state index contributed by atoms with van der Waals surface area (Å²) >= 11 is 0. The summed E-state index contributed by atoms with van der Waals surface area (Å²) in [6.45, 7) is 6.22. The van der Waals surface area contributed by atoms with Gasteiger partial charge in [-0.2, -0.15) is 0 Å². The molecule has 1 aliphatic rings. The number of piperazine rings is 1. The van der Waals surface area contributed by atoms with Crippen molar-refractivity contribution in [2.75, 3.05) is 38.6 Å². The Bertz CT molecular complexity index is 710. The van der Waals surface area contributed by atoms with E-state index in [0.29, 0.717) is 0 Å². The number of hydrogen-bond donors (Lipinski definition) is 1.